The molecule has 16 heavy (non-hydrogen) atoms. The van der Waals surface area contributed by atoms with E-state index < -0.39 is 0 Å². The van der Waals surface area contributed by atoms with Crippen LogP contribution in [0.5, 0.6) is 5.75 Å². The Balaban J connectivity index is 2.21. The van der Waals surface area contributed by atoms with Gasteiger partial charge < -0.3 is 10.1 Å². The lowest BCUT2D eigenvalue weighted by molar-refractivity contribution is 0.0882. The molecule has 1 aromatic rings. The Morgan fingerprint density at radius 2 is 2.25 bits per heavy atom. The average Bonchev–Trinajstić information content (AvgIpc) is 2.70. The van der Waals surface area contributed by atoms with Crippen LogP contribution in [0.3, 0.4) is 0 Å². The van der Waals surface area contributed by atoms with Crippen molar-refractivity contribution in [1.82, 2.24) is 15.1 Å². The van der Waals surface area contributed by atoms with Gasteiger partial charge in [-0.05, 0) is 25.9 Å². The summed E-state index contributed by atoms with van der Waals surface area (Å²) in [5.41, 5.74) is 0.592. The quantitative estimate of drug-likeness (QED) is 0.763. The number of aryl methyl sites for hydroxylation is 1. The predicted octanol–water partition coefficient (Wildman–Crippen LogP) is 0.611. The molecular formula is C11H17N3O2. The SMILES string of the molecule is COc1cnn(C)c1C(=O)C1CCNCC1. The Labute approximate surface area is 94.8 Å². The first-order chi connectivity index (χ1) is 7.74. The Morgan fingerprint density at radius 1 is 1.56 bits per heavy atom. The Morgan fingerprint density at radius 3 is 2.88 bits per heavy atom. The van der Waals surface area contributed by atoms with Gasteiger partial charge in [0.1, 0.15) is 5.69 Å². The predicted molar refractivity (Wildman–Crippen MR) is 59.7 cm³/mol. The second-order valence-electron chi connectivity index (χ2n) is 4.07. The van der Waals surface area contributed by atoms with Gasteiger partial charge in [-0.2, -0.15) is 5.10 Å². The van der Waals surface area contributed by atoms with E-state index in [4.69, 9.17) is 4.74 Å². The molecule has 1 N–H and O–H groups in total. The number of rotatable bonds is 3. The van der Waals surface area contributed by atoms with Crippen LogP contribution in [-0.4, -0.2) is 35.8 Å². The van der Waals surface area contributed by atoms with Crippen LogP contribution in [0.25, 0.3) is 0 Å². The molecule has 0 spiro atoms. The van der Waals surface area contributed by atoms with Crippen LogP contribution in [-0.2, 0) is 7.05 Å². The molecule has 0 amide bonds. The minimum absolute atomic E-state index is 0.102. The van der Waals surface area contributed by atoms with Crippen molar-refractivity contribution in [3.8, 4) is 5.75 Å². The molecule has 2 rings (SSSR count). The summed E-state index contributed by atoms with van der Waals surface area (Å²) in [6.45, 7) is 1.83. The molecule has 0 unspecified atom stereocenters. The Hall–Kier alpha value is -1.36. The molecule has 0 aliphatic carbocycles. The van der Waals surface area contributed by atoms with E-state index >= 15 is 0 Å². The van der Waals surface area contributed by atoms with Gasteiger partial charge in [-0.15, -0.1) is 0 Å². The summed E-state index contributed by atoms with van der Waals surface area (Å²) in [4.78, 5) is 12.3. The lowest BCUT2D eigenvalue weighted by Gasteiger charge is -2.21. The maximum Gasteiger partial charge on any atom is 0.187 e. The number of aromatic nitrogens is 2. The molecule has 0 radical (unpaired) electrons. The first-order valence-corrected chi connectivity index (χ1v) is 5.55. The molecule has 1 aromatic heterocycles. The van der Waals surface area contributed by atoms with Crippen LogP contribution in [0, 0.1) is 5.92 Å². The third-order valence-corrected chi connectivity index (χ3v) is 3.07. The molecule has 1 fully saturated rings. The average molecular weight is 223 g/mol. The second-order valence-corrected chi connectivity index (χ2v) is 4.07. The van der Waals surface area contributed by atoms with E-state index in [2.05, 4.69) is 10.4 Å². The van der Waals surface area contributed by atoms with Gasteiger partial charge in [0.05, 0.1) is 13.3 Å². The molecule has 0 bridgehead atoms. The summed E-state index contributed by atoms with van der Waals surface area (Å²) in [5, 5.41) is 7.31. The van der Waals surface area contributed by atoms with Crippen molar-refractivity contribution in [2.45, 2.75) is 12.8 Å². The van der Waals surface area contributed by atoms with Crippen LogP contribution >= 0.6 is 0 Å². The van der Waals surface area contributed by atoms with Gasteiger partial charge >= 0.3 is 0 Å². The summed E-state index contributed by atoms with van der Waals surface area (Å²) in [7, 11) is 3.34. The minimum atomic E-state index is 0.102. The van der Waals surface area contributed by atoms with Crippen LogP contribution in [0.2, 0.25) is 0 Å². The fraction of sp³-hybridized carbons (Fsp3) is 0.636. The molecular weight excluding hydrogens is 206 g/mol. The zero-order valence-corrected chi connectivity index (χ0v) is 9.69. The number of piperidine rings is 1. The van der Waals surface area contributed by atoms with E-state index in [1.807, 2.05) is 0 Å². The third-order valence-electron chi connectivity index (χ3n) is 3.07. The summed E-state index contributed by atoms with van der Waals surface area (Å²) in [6.07, 6.45) is 3.38. The number of nitrogens with zero attached hydrogens (tertiary/aromatic N) is 2. The number of ether oxygens (including phenoxy) is 1. The molecule has 5 nitrogen and oxygen atoms in total. The standard InChI is InChI=1S/C11H17N3O2/c1-14-10(9(16-2)7-13-14)11(15)8-3-5-12-6-4-8/h7-8,12H,3-6H2,1-2H3. The number of carbonyl (C=O) groups is 1. The number of hydrogen-bond acceptors (Lipinski definition) is 4. The second kappa shape index (κ2) is 4.65. The zero-order valence-electron chi connectivity index (χ0n) is 9.69. The van der Waals surface area contributed by atoms with Gasteiger partial charge in [0.25, 0.3) is 0 Å². The van der Waals surface area contributed by atoms with Crippen molar-refractivity contribution in [1.29, 1.82) is 0 Å². The fourth-order valence-electron chi connectivity index (χ4n) is 2.13. The molecule has 1 aliphatic heterocycles. The Kier molecular flexibility index (Phi) is 3.24. The minimum Gasteiger partial charge on any atom is -0.493 e. The largest absolute Gasteiger partial charge is 0.493 e. The number of carbonyl (C=O) groups excluding carboxylic acids is 1. The molecule has 1 saturated heterocycles. The molecule has 1 aliphatic rings. The van der Waals surface area contributed by atoms with Gasteiger partial charge in [-0.1, -0.05) is 0 Å². The van der Waals surface area contributed by atoms with Gasteiger partial charge in [0.15, 0.2) is 11.5 Å². The smallest absolute Gasteiger partial charge is 0.187 e. The normalized spacial score (nSPS) is 17.4. The van der Waals surface area contributed by atoms with Crippen molar-refractivity contribution in [2.75, 3.05) is 20.2 Å². The number of Topliss-reactive ketones (excluding diaryl/α,β-unsaturated/α-hetero) is 1. The van der Waals surface area contributed by atoms with Crippen molar-refractivity contribution in [2.24, 2.45) is 13.0 Å². The highest BCUT2D eigenvalue weighted by molar-refractivity contribution is 5.98. The van der Waals surface area contributed by atoms with Gasteiger partial charge in [-0.3, -0.25) is 9.48 Å². The van der Waals surface area contributed by atoms with Crippen molar-refractivity contribution in [3.63, 3.8) is 0 Å². The van der Waals surface area contributed by atoms with Crippen molar-refractivity contribution < 1.29 is 9.53 Å². The molecule has 0 atom stereocenters. The van der Waals surface area contributed by atoms with Crippen molar-refractivity contribution in [3.05, 3.63) is 11.9 Å². The summed E-state index contributed by atoms with van der Waals surface area (Å²) < 4.78 is 6.76. The van der Waals surface area contributed by atoms with Crippen LogP contribution in [0.4, 0.5) is 0 Å². The number of methoxy groups -OCH3 is 1. The molecule has 0 aromatic carbocycles. The highest BCUT2D eigenvalue weighted by Gasteiger charge is 2.27. The van der Waals surface area contributed by atoms with E-state index in [0.717, 1.165) is 25.9 Å². The molecule has 5 heteroatoms. The van der Waals surface area contributed by atoms with E-state index in [9.17, 15) is 4.79 Å². The fourth-order valence-corrected chi connectivity index (χ4v) is 2.13. The van der Waals surface area contributed by atoms with E-state index in [1.165, 1.54) is 0 Å². The van der Waals surface area contributed by atoms with Crippen LogP contribution in [0.1, 0.15) is 23.3 Å². The van der Waals surface area contributed by atoms with E-state index in [0.29, 0.717) is 11.4 Å². The number of hydrogen-bond donors (Lipinski definition) is 1. The highest BCUT2D eigenvalue weighted by Crippen LogP contribution is 2.24. The number of ketones is 1. The lowest BCUT2D eigenvalue weighted by atomic mass is 9.91. The maximum atomic E-state index is 12.3. The summed E-state index contributed by atoms with van der Waals surface area (Å²) >= 11 is 0. The lowest BCUT2D eigenvalue weighted by Crippen LogP contribution is -2.32. The monoisotopic (exact) mass is 223 g/mol. The highest BCUT2D eigenvalue weighted by atomic mass is 16.5. The zero-order chi connectivity index (χ0) is 11.5. The van der Waals surface area contributed by atoms with E-state index in [1.54, 1.807) is 25.0 Å². The molecule has 88 valence electrons. The van der Waals surface area contributed by atoms with Gasteiger partial charge in [0.2, 0.25) is 0 Å². The van der Waals surface area contributed by atoms with Gasteiger partial charge in [-0.25, -0.2) is 0 Å². The topological polar surface area (TPSA) is 56.2 Å². The Bertz CT molecular complexity index is 381. The third kappa shape index (κ3) is 1.95. The maximum absolute atomic E-state index is 12.3. The van der Waals surface area contributed by atoms with E-state index in [-0.39, 0.29) is 11.7 Å². The van der Waals surface area contributed by atoms with Gasteiger partial charge in [0, 0.05) is 13.0 Å². The van der Waals surface area contributed by atoms with Crippen LogP contribution < -0.4 is 10.1 Å². The van der Waals surface area contributed by atoms with Crippen LogP contribution in [0.15, 0.2) is 6.20 Å². The molecule has 2 heterocycles. The molecule has 0 saturated carbocycles. The first-order valence-electron chi connectivity index (χ1n) is 5.55. The first kappa shape index (κ1) is 11.1. The van der Waals surface area contributed by atoms with Crippen molar-refractivity contribution >= 4 is 5.78 Å². The summed E-state index contributed by atoms with van der Waals surface area (Å²) in [6, 6.07) is 0. The summed E-state index contributed by atoms with van der Waals surface area (Å²) in [5.74, 6) is 0.829. The number of nitrogens with one attached hydrogen (secondary N) is 1.